The van der Waals surface area contributed by atoms with Crippen LogP contribution in [0.5, 0.6) is 0 Å². The molecular weight excluding hydrogens is 404 g/mol. The fourth-order valence-electron chi connectivity index (χ4n) is 3.98. The molecule has 166 valence electrons. The van der Waals surface area contributed by atoms with Gasteiger partial charge in [0.25, 0.3) is 5.91 Å². The lowest BCUT2D eigenvalue weighted by atomic mass is 9.96. The highest BCUT2D eigenvalue weighted by Crippen LogP contribution is 2.22. The number of anilines is 1. The number of hydrogen-bond acceptors (Lipinski definition) is 5. The Balaban J connectivity index is 1.31. The minimum absolute atomic E-state index is 0.0197. The number of hydrogen-bond donors (Lipinski definition) is 2. The van der Waals surface area contributed by atoms with Crippen LogP contribution in [-0.2, 0) is 11.2 Å². The van der Waals surface area contributed by atoms with Crippen LogP contribution < -0.4 is 11.1 Å². The molecule has 7 nitrogen and oxygen atoms in total. The third-order valence-electron chi connectivity index (χ3n) is 5.95. The van der Waals surface area contributed by atoms with Gasteiger partial charge in [-0.1, -0.05) is 30.3 Å². The molecule has 1 aliphatic heterocycles. The Bertz CT molecular complexity index is 1070. The molecule has 3 N–H and O–H groups in total. The Morgan fingerprint density at radius 3 is 2.44 bits per heavy atom. The second kappa shape index (κ2) is 9.78. The summed E-state index contributed by atoms with van der Waals surface area (Å²) in [5.41, 5.74) is 8.43. The lowest BCUT2D eigenvalue weighted by Gasteiger charge is -2.30. The third kappa shape index (κ3) is 5.23. The summed E-state index contributed by atoms with van der Waals surface area (Å²) in [5.74, 6) is 0.464. The molecule has 1 aromatic heterocycles. The zero-order chi connectivity index (χ0) is 22.5. The number of nitrogens with zero attached hydrogens (tertiary/aromatic N) is 2. The van der Waals surface area contributed by atoms with Crippen LogP contribution in [0.1, 0.15) is 34.7 Å². The minimum Gasteiger partial charge on any atom is -0.441 e. The van der Waals surface area contributed by atoms with Gasteiger partial charge in [-0.3, -0.25) is 9.59 Å². The van der Waals surface area contributed by atoms with Crippen molar-refractivity contribution in [3.05, 3.63) is 71.6 Å². The van der Waals surface area contributed by atoms with E-state index in [1.165, 1.54) is 5.56 Å². The van der Waals surface area contributed by atoms with Crippen molar-refractivity contribution in [2.45, 2.75) is 26.2 Å². The number of aryl methyl sites for hydroxylation is 1. The molecule has 0 atom stereocenters. The van der Waals surface area contributed by atoms with Crippen LogP contribution in [0.2, 0.25) is 0 Å². The maximum Gasteiger partial charge on any atom is 0.277 e. The summed E-state index contributed by atoms with van der Waals surface area (Å²) in [5, 5.41) is 2.90. The first-order valence-corrected chi connectivity index (χ1v) is 10.9. The van der Waals surface area contributed by atoms with Gasteiger partial charge >= 0.3 is 0 Å². The first-order valence-electron chi connectivity index (χ1n) is 10.9. The van der Waals surface area contributed by atoms with Crippen molar-refractivity contribution in [2.75, 3.05) is 25.0 Å². The summed E-state index contributed by atoms with van der Waals surface area (Å²) in [6.07, 6.45) is 2.60. The first-order chi connectivity index (χ1) is 15.5. The molecule has 2 aromatic carbocycles. The largest absolute Gasteiger partial charge is 0.441 e. The van der Waals surface area contributed by atoms with Gasteiger partial charge in [-0.2, -0.15) is 0 Å². The average Bonchev–Trinajstić information content (AvgIpc) is 3.21. The fourth-order valence-corrected chi connectivity index (χ4v) is 3.98. The van der Waals surface area contributed by atoms with Crippen LogP contribution >= 0.6 is 0 Å². The van der Waals surface area contributed by atoms with Crippen LogP contribution in [0.25, 0.3) is 11.5 Å². The lowest BCUT2D eigenvalue weighted by Crippen LogP contribution is -2.39. The summed E-state index contributed by atoms with van der Waals surface area (Å²) < 4.78 is 5.69. The van der Waals surface area contributed by atoms with E-state index in [-0.39, 0.29) is 23.4 Å². The molecule has 1 aliphatic rings. The normalized spacial score (nSPS) is 14.9. The molecule has 1 saturated heterocycles. The summed E-state index contributed by atoms with van der Waals surface area (Å²) in [4.78, 5) is 30.7. The minimum atomic E-state index is -0.293. The monoisotopic (exact) mass is 432 g/mol. The van der Waals surface area contributed by atoms with E-state index < -0.39 is 0 Å². The quantitative estimate of drug-likeness (QED) is 0.594. The molecule has 0 spiro atoms. The molecule has 32 heavy (non-hydrogen) atoms. The Morgan fingerprint density at radius 1 is 1.09 bits per heavy atom. The number of carbonyl (C=O) groups is 2. The number of amides is 2. The molecule has 4 rings (SSSR count). The highest BCUT2D eigenvalue weighted by Gasteiger charge is 2.22. The third-order valence-corrected chi connectivity index (χ3v) is 5.95. The molecule has 0 radical (unpaired) electrons. The fraction of sp³-hybridized carbons (Fsp3) is 0.320. The van der Waals surface area contributed by atoms with Gasteiger partial charge in [0.1, 0.15) is 5.76 Å². The molecule has 1 fully saturated rings. The smallest absolute Gasteiger partial charge is 0.277 e. The zero-order valence-electron chi connectivity index (χ0n) is 18.2. The van der Waals surface area contributed by atoms with E-state index in [1.54, 1.807) is 6.92 Å². The zero-order valence-corrected chi connectivity index (χ0v) is 18.2. The Labute approximate surface area is 187 Å². The van der Waals surface area contributed by atoms with Gasteiger partial charge in [0.2, 0.25) is 11.8 Å². The molecule has 0 bridgehead atoms. The van der Waals surface area contributed by atoms with Gasteiger partial charge in [-0.25, -0.2) is 4.98 Å². The van der Waals surface area contributed by atoms with Crippen LogP contribution in [0.3, 0.4) is 0 Å². The van der Waals surface area contributed by atoms with E-state index in [2.05, 4.69) is 15.2 Å². The van der Waals surface area contributed by atoms with Crippen molar-refractivity contribution >= 4 is 17.5 Å². The number of oxazole rings is 1. The van der Waals surface area contributed by atoms with Crippen molar-refractivity contribution < 1.29 is 14.0 Å². The van der Waals surface area contributed by atoms with E-state index >= 15 is 0 Å². The topological polar surface area (TPSA) is 101 Å². The number of benzene rings is 2. The average molecular weight is 433 g/mol. The predicted molar refractivity (Wildman–Crippen MR) is 123 cm³/mol. The number of carbonyl (C=O) groups excluding carboxylic acids is 2. The molecule has 2 amide bonds. The van der Waals surface area contributed by atoms with Crippen molar-refractivity contribution in [1.29, 1.82) is 0 Å². The van der Waals surface area contributed by atoms with E-state index in [1.807, 2.05) is 54.6 Å². The molecule has 2 heterocycles. The van der Waals surface area contributed by atoms with Gasteiger partial charge in [0.15, 0.2) is 5.69 Å². The molecule has 0 aliphatic carbocycles. The summed E-state index contributed by atoms with van der Waals surface area (Å²) in [6.45, 7) is 4.49. The van der Waals surface area contributed by atoms with Crippen LogP contribution in [-0.4, -0.2) is 41.3 Å². The number of likely N-dealkylation sites (tertiary alicyclic amines) is 1. The molecule has 0 saturated carbocycles. The van der Waals surface area contributed by atoms with Crippen molar-refractivity contribution in [1.82, 2.24) is 9.88 Å². The van der Waals surface area contributed by atoms with E-state index in [0.717, 1.165) is 44.5 Å². The number of aromatic nitrogens is 1. The predicted octanol–water partition coefficient (Wildman–Crippen LogP) is 3.64. The Hall–Kier alpha value is -3.45. The van der Waals surface area contributed by atoms with Gasteiger partial charge in [-0.15, -0.1) is 0 Å². The van der Waals surface area contributed by atoms with Crippen molar-refractivity contribution in [3.63, 3.8) is 0 Å². The molecule has 7 heteroatoms. The van der Waals surface area contributed by atoms with E-state index in [4.69, 9.17) is 10.2 Å². The van der Waals surface area contributed by atoms with Crippen molar-refractivity contribution in [2.24, 2.45) is 11.7 Å². The van der Waals surface area contributed by atoms with Gasteiger partial charge in [0.05, 0.1) is 0 Å². The molecule has 3 aromatic rings. The number of nitrogens with one attached hydrogen (secondary N) is 1. The summed E-state index contributed by atoms with van der Waals surface area (Å²) in [6, 6.07) is 17.4. The number of primary amides is 1. The lowest BCUT2D eigenvalue weighted by molar-refractivity contribution is -0.123. The summed E-state index contributed by atoms with van der Waals surface area (Å²) in [7, 11) is 0. The summed E-state index contributed by atoms with van der Waals surface area (Å²) >= 11 is 0. The number of piperidine rings is 1. The Kier molecular flexibility index (Phi) is 6.66. The first kappa shape index (κ1) is 21.8. The standard InChI is InChI=1S/C25H28N4O3/c1-17-22(28-25(32-17)20-5-3-2-4-6-20)24(31)27-21-9-7-18(8-10-21)11-14-29-15-12-19(13-16-29)23(26)30/h2-10,19H,11-16H2,1H3,(H2,26,30)(H,27,31). The van der Waals surface area contributed by atoms with Crippen LogP contribution in [0, 0.1) is 12.8 Å². The van der Waals surface area contributed by atoms with Crippen molar-refractivity contribution in [3.8, 4) is 11.5 Å². The van der Waals surface area contributed by atoms with Crippen LogP contribution in [0.15, 0.2) is 59.0 Å². The molecule has 0 unspecified atom stereocenters. The number of nitrogens with two attached hydrogens (primary N) is 1. The molecular formula is C25H28N4O3. The van der Waals surface area contributed by atoms with E-state index in [9.17, 15) is 9.59 Å². The van der Waals surface area contributed by atoms with Gasteiger partial charge < -0.3 is 20.4 Å². The highest BCUT2D eigenvalue weighted by molar-refractivity contribution is 6.03. The maximum atomic E-state index is 12.7. The highest BCUT2D eigenvalue weighted by atomic mass is 16.4. The second-order valence-corrected chi connectivity index (χ2v) is 8.21. The maximum absolute atomic E-state index is 12.7. The second-order valence-electron chi connectivity index (χ2n) is 8.21. The number of rotatable bonds is 7. The van der Waals surface area contributed by atoms with Crippen LogP contribution in [0.4, 0.5) is 5.69 Å². The van der Waals surface area contributed by atoms with Gasteiger partial charge in [-0.05, 0) is 69.1 Å². The van der Waals surface area contributed by atoms with E-state index in [0.29, 0.717) is 17.3 Å². The Morgan fingerprint density at radius 2 is 1.78 bits per heavy atom. The van der Waals surface area contributed by atoms with Gasteiger partial charge in [0, 0.05) is 23.7 Å². The SMILES string of the molecule is Cc1oc(-c2ccccc2)nc1C(=O)Nc1ccc(CCN2CCC(C(N)=O)CC2)cc1.